The Bertz CT molecular complexity index is 37.0. The summed E-state index contributed by atoms with van der Waals surface area (Å²) in [5.74, 6) is 0. The van der Waals surface area contributed by atoms with Crippen LogP contribution in [0.15, 0.2) is 0 Å². The molecule has 0 atom stereocenters. The first-order valence-electron chi connectivity index (χ1n) is 0.565. The molecule has 0 aromatic heterocycles. The van der Waals surface area contributed by atoms with Crippen LogP contribution in [0.25, 0.3) is 0 Å². The SMILES string of the molecule is O.O=[N+]([O-])O.[H-].[Li+].[Li+]. The van der Waals surface area contributed by atoms with Gasteiger partial charge in [0, 0.05) is 0 Å². The summed E-state index contributed by atoms with van der Waals surface area (Å²) in [7, 11) is 0. The van der Waals surface area contributed by atoms with E-state index in [1.807, 2.05) is 0 Å². The van der Waals surface area contributed by atoms with E-state index in [0.717, 1.165) is 0 Å². The molecule has 3 N–H and O–H groups in total. The minimum atomic E-state index is -1.50. The van der Waals surface area contributed by atoms with E-state index >= 15 is 0 Å². The van der Waals surface area contributed by atoms with E-state index in [1.54, 1.807) is 0 Å². The Balaban J connectivity index is -0.00000000750. The monoisotopic (exact) mass is 96.0 g/mol. The van der Waals surface area contributed by atoms with Crippen molar-refractivity contribution >= 4 is 0 Å². The van der Waals surface area contributed by atoms with E-state index in [-0.39, 0.29) is 44.6 Å². The van der Waals surface area contributed by atoms with Gasteiger partial charge in [-0.05, 0) is 0 Å². The number of hydrogen-bond acceptors (Lipinski definition) is 2. The summed E-state index contributed by atoms with van der Waals surface area (Å²) in [5, 5.41) is 13.6. The van der Waals surface area contributed by atoms with Crippen LogP contribution in [-0.2, 0) is 0 Å². The summed E-state index contributed by atoms with van der Waals surface area (Å²) >= 11 is 0. The van der Waals surface area contributed by atoms with Crippen molar-refractivity contribution in [2.45, 2.75) is 0 Å². The molecule has 0 saturated heterocycles. The van der Waals surface area contributed by atoms with Crippen molar-refractivity contribution in [1.82, 2.24) is 0 Å². The molecule has 0 amide bonds. The van der Waals surface area contributed by atoms with Gasteiger partial charge in [0.2, 0.25) is 0 Å². The van der Waals surface area contributed by atoms with Crippen LogP contribution in [0.4, 0.5) is 0 Å². The third-order valence-electron chi connectivity index (χ3n) is 0. The summed E-state index contributed by atoms with van der Waals surface area (Å²) in [6, 6.07) is 0. The molecule has 7 heteroatoms. The topological polar surface area (TPSA) is 94.9 Å². The van der Waals surface area contributed by atoms with E-state index in [4.69, 9.17) is 15.3 Å². The Hall–Kier alpha value is 0.355. The zero-order valence-electron chi connectivity index (χ0n) is 5.21. The number of hydrogen-bond donors (Lipinski definition) is 1. The second-order valence-corrected chi connectivity index (χ2v) is 0.238. The zero-order valence-corrected chi connectivity index (χ0v) is 4.21. The molecule has 0 aliphatic heterocycles. The Morgan fingerprint density at radius 1 is 1.57 bits per heavy atom. The maximum absolute atomic E-state index is 8.36. The molecule has 5 nitrogen and oxygen atoms in total. The summed E-state index contributed by atoms with van der Waals surface area (Å²) in [5.41, 5.74) is 0. The molecular formula is H4Li2NO4+. The predicted molar refractivity (Wildman–Crippen MR) is 13.5 cm³/mol. The first-order chi connectivity index (χ1) is 1.73. The largest absolute Gasteiger partial charge is 1.00 e. The van der Waals surface area contributed by atoms with Crippen molar-refractivity contribution < 1.29 is 54.9 Å². The number of rotatable bonds is 0. The molecule has 0 aliphatic rings. The van der Waals surface area contributed by atoms with Crippen LogP contribution in [0.5, 0.6) is 0 Å². The minimum absolute atomic E-state index is 0. The van der Waals surface area contributed by atoms with Gasteiger partial charge < -0.3 is 12.1 Å². The van der Waals surface area contributed by atoms with Gasteiger partial charge in [0.05, 0.1) is 0 Å². The summed E-state index contributed by atoms with van der Waals surface area (Å²) in [6.45, 7) is 0. The Morgan fingerprint density at radius 2 is 1.57 bits per heavy atom. The van der Waals surface area contributed by atoms with Crippen LogP contribution < -0.4 is 37.7 Å². The molecule has 7 heavy (non-hydrogen) atoms. The van der Waals surface area contributed by atoms with Crippen LogP contribution in [0, 0.1) is 10.1 Å². The number of nitrogens with zero attached hydrogens (tertiary/aromatic N) is 1. The maximum Gasteiger partial charge on any atom is 1.00 e. The molecule has 0 aliphatic carbocycles. The fourth-order valence-electron chi connectivity index (χ4n) is 0. The first-order valence-corrected chi connectivity index (χ1v) is 0.565. The fraction of sp³-hybridized carbons (Fsp3) is 0. The summed E-state index contributed by atoms with van der Waals surface area (Å²) in [4.78, 5) is 8.36. The van der Waals surface area contributed by atoms with Crippen molar-refractivity contribution in [3.63, 3.8) is 0 Å². The molecule has 0 bridgehead atoms. The second-order valence-electron chi connectivity index (χ2n) is 0.238. The van der Waals surface area contributed by atoms with Gasteiger partial charge in [-0.2, -0.15) is 0 Å². The molecule has 0 saturated carbocycles. The van der Waals surface area contributed by atoms with Crippen LogP contribution in [0.1, 0.15) is 1.43 Å². The molecule has 0 aromatic rings. The molecule has 0 fully saturated rings. The Kier molecular flexibility index (Phi) is 61.0. The van der Waals surface area contributed by atoms with E-state index < -0.39 is 5.09 Å². The van der Waals surface area contributed by atoms with Gasteiger partial charge in [-0.25, -0.2) is 0 Å². The van der Waals surface area contributed by atoms with Crippen LogP contribution in [0.3, 0.4) is 0 Å². The molecule has 0 radical (unpaired) electrons. The Morgan fingerprint density at radius 3 is 1.57 bits per heavy atom. The zero-order chi connectivity index (χ0) is 3.58. The van der Waals surface area contributed by atoms with Gasteiger partial charge in [0.25, 0.3) is 5.09 Å². The first kappa shape index (κ1) is 26.4. The van der Waals surface area contributed by atoms with E-state index in [2.05, 4.69) is 0 Å². The van der Waals surface area contributed by atoms with Crippen LogP contribution >= 0.6 is 0 Å². The minimum Gasteiger partial charge on any atom is -1.00 e. The third-order valence-corrected chi connectivity index (χ3v) is 0. The van der Waals surface area contributed by atoms with Gasteiger partial charge in [-0.15, -0.1) is 10.1 Å². The molecule has 0 rings (SSSR count). The van der Waals surface area contributed by atoms with Crippen molar-refractivity contribution in [3.8, 4) is 0 Å². The fourth-order valence-corrected chi connectivity index (χ4v) is 0. The van der Waals surface area contributed by atoms with Crippen molar-refractivity contribution in [3.05, 3.63) is 10.1 Å². The van der Waals surface area contributed by atoms with Crippen LogP contribution in [-0.4, -0.2) is 15.8 Å². The summed E-state index contributed by atoms with van der Waals surface area (Å²) in [6.07, 6.45) is 0. The average molecular weight is 95.9 g/mol. The third kappa shape index (κ3) is 957. The maximum atomic E-state index is 8.36. The van der Waals surface area contributed by atoms with E-state index in [0.29, 0.717) is 0 Å². The van der Waals surface area contributed by atoms with Gasteiger partial charge in [0.1, 0.15) is 0 Å². The van der Waals surface area contributed by atoms with E-state index in [1.165, 1.54) is 0 Å². The molecule has 0 aromatic carbocycles. The second kappa shape index (κ2) is 16.2. The van der Waals surface area contributed by atoms with Crippen molar-refractivity contribution in [2.24, 2.45) is 0 Å². The van der Waals surface area contributed by atoms with Gasteiger partial charge in [-0.1, -0.05) is 0 Å². The predicted octanol–water partition coefficient (Wildman–Crippen LogP) is -7.05. The van der Waals surface area contributed by atoms with Gasteiger partial charge >= 0.3 is 37.7 Å². The normalized spacial score (nSPS) is 3.43. The van der Waals surface area contributed by atoms with Crippen molar-refractivity contribution in [1.29, 1.82) is 0 Å². The van der Waals surface area contributed by atoms with Gasteiger partial charge in [0.15, 0.2) is 0 Å². The van der Waals surface area contributed by atoms with Crippen molar-refractivity contribution in [2.75, 3.05) is 0 Å². The molecular weight excluding hydrogens is 91.9 g/mol. The van der Waals surface area contributed by atoms with E-state index in [9.17, 15) is 0 Å². The standard InChI is InChI=1S/2Li.HNO3.H2O.H/c;;2-1(3)4;;/h;;(H,2,3,4);1H2;/q2*+1;;;-1. The summed E-state index contributed by atoms with van der Waals surface area (Å²) < 4.78 is 0. The Labute approximate surface area is 65.3 Å². The average Bonchev–Trinajstić information content (AvgIpc) is 0.811. The molecule has 0 unspecified atom stereocenters. The van der Waals surface area contributed by atoms with Gasteiger partial charge in [-0.3, -0.25) is 0 Å². The molecule has 34 valence electrons. The molecule has 0 spiro atoms. The molecule has 0 heterocycles. The van der Waals surface area contributed by atoms with Crippen LogP contribution in [0.2, 0.25) is 0 Å². The smallest absolute Gasteiger partial charge is 1.00 e. The quantitative estimate of drug-likeness (QED) is 0.184.